The van der Waals surface area contributed by atoms with Gasteiger partial charge in [-0.1, -0.05) is 56.6 Å². The van der Waals surface area contributed by atoms with E-state index in [0.717, 1.165) is 5.56 Å². The van der Waals surface area contributed by atoms with Crippen molar-refractivity contribution in [1.29, 1.82) is 0 Å². The van der Waals surface area contributed by atoms with Crippen LogP contribution in [0.4, 0.5) is 0 Å². The molecule has 0 saturated carbocycles. The molecule has 0 unspecified atom stereocenters. The first-order chi connectivity index (χ1) is 15.5. The van der Waals surface area contributed by atoms with Gasteiger partial charge in [-0.2, -0.15) is 11.8 Å². The maximum atomic E-state index is 13.0. The zero-order valence-electron chi connectivity index (χ0n) is 19.1. The third-order valence-electron chi connectivity index (χ3n) is 4.90. The molecular weight excluding hydrogens is 460 g/mol. The summed E-state index contributed by atoms with van der Waals surface area (Å²) in [6, 6.07) is 12.8. The molecule has 1 atom stereocenters. The summed E-state index contributed by atoms with van der Waals surface area (Å²) >= 11 is 7.42. The van der Waals surface area contributed by atoms with E-state index in [1.807, 2.05) is 18.4 Å². The van der Waals surface area contributed by atoms with Crippen molar-refractivity contribution >= 4 is 47.2 Å². The molecule has 0 bridgehead atoms. The number of amides is 2. The van der Waals surface area contributed by atoms with Crippen molar-refractivity contribution in [1.82, 2.24) is 10.6 Å². The monoisotopic (exact) mass is 488 g/mol. The fraction of sp³-hybridized carbons (Fsp3) is 0.320. The SMILES string of the molecule is CSCC[C@@H](NC(=O)/C(=C/c1ccc(Cl)cc1)NC(=O)c1ccc(C(C)(C)C)cc1)C(=O)O. The molecule has 2 rings (SSSR count). The lowest BCUT2D eigenvalue weighted by atomic mass is 9.87. The maximum Gasteiger partial charge on any atom is 0.326 e. The number of thioether (sulfide) groups is 1. The Hall–Kier alpha value is -2.77. The number of benzene rings is 2. The van der Waals surface area contributed by atoms with Gasteiger partial charge in [-0.05, 0) is 65.3 Å². The fourth-order valence-corrected chi connectivity index (χ4v) is 3.53. The highest BCUT2D eigenvalue weighted by Gasteiger charge is 2.23. The Labute approximate surface area is 203 Å². The van der Waals surface area contributed by atoms with Crippen molar-refractivity contribution in [2.24, 2.45) is 0 Å². The minimum atomic E-state index is -1.13. The van der Waals surface area contributed by atoms with Crippen molar-refractivity contribution < 1.29 is 19.5 Å². The molecule has 0 radical (unpaired) electrons. The summed E-state index contributed by atoms with van der Waals surface area (Å²) in [5.41, 5.74) is 1.97. The van der Waals surface area contributed by atoms with Crippen LogP contribution in [-0.2, 0) is 15.0 Å². The van der Waals surface area contributed by atoms with Gasteiger partial charge < -0.3 is 15.7 Å². The van der Waals surface area contributed by atoms with Gasteiger partial charge in [-0.15, -0.1) is 0 Å². The Morgan fingerprint density at radius 1 is 1.06 bits per heavy atom. The summed E-state index contributed by atoms with van der Waals surface area (Å²) < 4.78 is 0. The largest absolute Gasteiger partial charge is 0.480 e. The number of hydrogen-bond acceptors (Lipinski definition) is 4. The molecular formula is C25H29ClN2O4S. The molecule has 33 heavy (non-hydrogen) atoms. The van der Waals surface area contributed by atoms with Gasteiger partial charge in [0.05, 0.1) is 0 Å². The van der Waals surface area contributed by atoms with E-state index in [9.17, 15) is 19.5 Å². The highest BCUT2D eigenvalue weighted by molar-refractivity contribution is 7.98. The zero-order valence-corrected chi connectivity index (χ0v) is 20.7. The van der Waals surface area contributed by atoms with Crippen LogP contribution in [0.3, 0.4) is 0 Å². The van der Waals surface area contributed by atoms with Crippen molar-refractivity contribution in [3.8, 4) is 0 Å². The first kappa shape index (κ1) is 26.5. The molecule has 0 aliphatic rings. The Kier molecular flexibility index (Phi) is 9.56. The molecule has 0 saturated heterocycles. The van der Waals surface area contributed by atoms with Gasteiger partial charge in [-0.3, -0.25) is 9.59 Å². The van der Waals surface area contributed by atoms with Crippen molar-refractivity contribution in [3.63, 3.8) is 0 Å². The van der Waals surface area contributed by atoms with Crippen LogP contribution in [0.15, 0.2) is 54.2 Å². The molecule has 0 aliphatic heterocycles. The highest BCUT2D eigenvalue weighted by atomic mass is 35.5. The molecule has 3 N–H and O–H groups in total. The van der Waals surface area contributed by atoms with Crippen molar-refractivity contribution in [2.75, 3.05) is 12.0 Å². The van der Waals surface area contributed by atoms with Gasteiger partial charge in [0.15, 0.2) is 0 Å². The number of aliphatic carboxylic acids is 1. The smallest absolute Gasteiger partial charge is 0.326 e. The van der Waals surface area contributed by atoms with Gasteiger partial charge >= 0.3 is 5.97 Å². The second-order valence-corrected chi connectivity index (χ2v) is 9.96. The van der Waals surface area contributed by atoms with Gasteiger partial charge in [0.1, 0.15) is 11.7 Å². The third kappa shape index (κ3) is 8.26. The fourth-order valence-electron chi connectivity index (χ4n) is 2.93. The van der Waals surface area contributed by atoms with E-state index in [2.05, 4.69) is 31.4 Å². The van der Waals surface area contributed by atoms with E-state index in [0.29, 0.717) is 21.9 Å². The van der Waals surface area contributed by atoms with Gasteiger partial charge in [-0.25, -0.2) is 4.79 Å². The minimum absolute atomic E-state index is 0.0578. The first-order valence-electron chi connectivity index (χ1n) is 10.4. The summed E-state index contributed by atoms with van der Waals surface area (Å²) in [7, 11) is 0. The number of carbonyl (C=O) groups excluding carboxylic acids is 2. The lowest BCUT2D eigenvalue weighted by Gasteiger charge is -2.19. The van der Waals surface area contributed by atoms with Crippen molar-refractivity contribution in [2.45, 2.75) is 38.6 Å². The predicted molar refractivity (Wildman–Crippen MR) is 135 cm³/mol. The van der Waals surface area contributed by atoms with Crippen LogP contribution in [-0.4, -0.2) is 40.9 Å². The molecule has 8 heteroatoms. The van der Waals surface area contributed by atoms with Crippen molar-refractivity contribution in [3.05, 3.63) is 75.9 Å². The molecule has 6 nitrogen and oxygen atoms in total. The van der Waals surface area contributed by atoms with Crippen LogP contribution in [0.1, 0.15) is 48.7 Å². The molecule has 2 aromatic rings. The van der Waals surface area contributed by atoms with Crippen LogP contribution >= 0.6 is 23.4 Å². The average molecular weight is 489 g/mol. The lowest BCUT2D eigenvalue weighted by Crippen LogP contribution is -2.44. The quantitative estimate of drug-likeness (QED) is 0.443. The van der Waals surface area contributed by atoms with E-state index >= 15 is 0 Å². The summed E-state index contributed by atoms with van der Waals surface area (Å²) in [4.78, 5) is 37.4. The van der Waals surface area contributed by atoms with E-state index in [4.69, 9.17) is 11.6 Å². The highest BCUT2D eigenvalue weighted by Crippen LogP contribution is 2.22. The standard InChI is InChI=1S/C25H29ClN2O4S/c1-25(2,3)18-9-7-17(8-10-18)22(29)28-21(15-16-5-11-19(26)12-6-16)23(30)27-20(24(31)32)13-14-33-4/h5-12,15,20H,13-14H2,1-4H3,(H,27,30)(H,28,29)(H,31,32)/b21-15-/t20-/m1/s1. The molecule has 2 amide bonds. The lowest BCUT2D eigenvalue weighted by molar-refractivity contribution is -0.141. The molecule has 2 aromatic carbocycles. The van der Waals surface area contributed by atoms with Crippen LogP contribution in [0.25, 0.3) is 6.08 Å². The Morgan fingerprint density at radius 3 is 2.18 bits per heavy atom. The number of carbonyl (C=O) groups is 3. The number of hydrogen-bond donors (Lipinski definition) is 3. The molecule has 176 valence electrons. The Morgan fingerprint density at radius 2 is 1.67 bits per heavy atom. The minimum Gasteiger partial charge on any atom is -0.480 e. The number of nitrogens with one attached hydrogen (secondary N) is 2. The van der Waals surface area contributed by atoms with Crippen LogP contribution in [0.2, 0.25) is 5.02 Å². The topological polar surface area (TPSA) is 95.5 Å². The van der Waals surface area contributed by atoms with Gasteiger partial charge in [0, 0.05) is 10.6 Å². The average Bonchev–Trinajstić information content (AvgIpc) is 2.76. The number of carboxylic acid groups (broad SMARTS) is 1. The number of rotatable bonds is 9. The summed E-state index contributed by atoms with van der Waals surface area (Å²) in [6.07, 6.45) is 3.61. The van der Waals surface area contributed by atoms with E-state index in [-0.39, 0.29) is 17.5 Å². The second kappa shape index (κ2) is 11.9. The van der Waals surface area contributed by atoms with E-state index in [1.54, 1.807) is 36.4 Å². The van der Waals surface area contributed by atoms with E-state index in [1.165, 1.54) is 17.8 Å². The van der Waals surface area contributed by atoms with Gasteiger partial charge in [0.2, 0.25) is 0 Å². The zero-order chi connectivity index (χ0) is 24.6. The van der Waals surface area contributed by atoms with Gasteiger partial charge in [0.25, 0.3) is 11.8 Å². The van der Waals surface area contributed by atoms with Crippen LogP contribution < -0.4 is 10.6 Å². The Bertz CT molecular complexity index is 1010. The molecule has 0 fully saturated rings. The number of carboxylic acids is 1. The molecule has 0 spiro atoms. The normalized spacial score (nSPS) is 12.7. The van der Waals surface area contributed by atoms with Crippen LogP contribution in [0.5, 0.6) is 0 Å². The third-order valence-corrected chi connectivity index (χ3v) is 5.80. The predicted octanol–water partition coefficient (Wildman–Crippen LogP) is 4.73. The summed E-state index contributed by atoms with van der Waals surface area (Å²) in [5, 5.41) is 15.1. The maximum absolute atomic E-state index is 13.0. The molecule has 0 aromatic heterocycles. The summed E-state index contributed by atoms with van der Waals surface area (Å²) in [5.74, 6) is -1.72. The number of halogens is 1. The van der Waals surface area contributed by atoms with Crippen LogP contribution in [0, 0.1) is 0 Å². The summed E-state index contributed by atoms with van der Waals surface area (Å²) in [6.45, 7) is 6.24. The molecule has 0 aliphatic carbocycles. The second-order valence-electron chi connectivity index (χ2n) is 8.54. The molecule has 0 heterocycles. The Balaban J connectivity index is 2.30. The van der Waals surface area contributed by atoms with E-state index < -0.39 is 23.8 Å². The first-order valence-corrected chi connectivity index (χ1v) is 12.2.